The second kappa shape index (κ2) is 9.16. The largest absolute Gasteiger partial charge is 0.489 e. The van der Waals surface area contributed by atoms with E-state index in [0.29, 0.717) is 16.5 Å². The molecule has 0 bridgehead atoms. The number of nitrogens with one attached hydrogen (secondary N) is 1. The molecule has 31 heavy (non-hydrogen) atoms. The van der Waals surface area contributed by atoms with Gasteiger partial charge in [-0.1, -0.05) is 29.8 Å². The molecular formula is C23H22ClNO5S. The Kier molecular flexibility index (Phi) is 6.34. The van der Waals surface area contributed by atoms with E-state index in [-0.39, 0.29) is 28.1 Å². The smallest absolute Gasteiger partial charge is 0.291 e. The van der Waals surface area contributed by atoms with E-state index in [2.05, 4.69) is 5.32 Å². The Labute approximate surface area is 186 Å². The lowest BCUT2D eigenvalue weighted by Crippen LogP contribution is -2.15. The third-order valence-corrected chi connectivity index (χ3v) is 7.16. The third-order valence-electron chi connectivity index (χ3n) is 5.19. The van der Waals surface area contributed by atoms with E-state index in [9.17, 15) is 13.2 Å². The van der Waals surface area contributed by atoms with Gasteiger partial charge in [-0.05, 0) is 62.1 Å². The number of anilines is 1. The minimum Gasteiger partial charge on any atom is -0.489 e. The van der Waals surface area contributed by atoms with Crippen LogP contribution in [0.15, 0.2) is 70.2 Å². The van der Waals surface area contributed by atoms with Crippen LogP contribution in [0.1, 0.15) is 41.8 Å². The van der Waals surface area contributed by atoms with Gasteiger partial charge >= 0.3 is 0 Å². The molecule has 1 amide bonds. The van der Waals surface area contributed by atoms with Crippen LogP contribution in [0.5, 0.6) is 5.75 Å². The van der Waals surface area contributed by atoms with Crippen LogP contribution in [-0.4, -0.2) is 20.4 Å². The topological polar surface area (TPSA) is 85.6 Å². The molecule has 0 unspecified atom stereocenters. The Morgan fingerprint density at radius 3 is 2.55 bits per heavy atom. The first-order valence-corrected chi connectivity index (χ1v) is 12.1. The highest BCUT2D eigenvalue weighted by atomic mass is 35.5. The molecule has 1 aliphatic carbocycles. The van der Waals surface area contributed by atoms with Crippen LogP contribution >= 0.6 is 11.6 Å². The number of halogens is 1. The van der Waals surface area contributed by atoms with E-state index in [1.165, 1.54) is 24.5 Å². The lowest BCUT2D eigenvalue weighted by atomic mass is 10.2. The van der Waals surface area contributed by atoms with Crippen LogP contribution in [-0.2, 0) is 15.6 Å². The number of rotatable bonds is 7. The number of sulfone groups is 1. The van der Waals surface area contributed by atoms with E-state index in [0.717, 1.165) is 25.7 Å². The molecule has 2 aromatic carbocycles. The second-order valence-electron chi connectivity index (χ2n) is 7.47. The number of amides is 1. The average Bonchev–Trinajstić information content (AvgIpc) is 3.42. The lowest BCUT2D eigenvalue weighted by Gasteiger charge is -2.15. The van der Waals surface area contributed by atoms with Gasteiger partial charge in [0.25, 0.3) is 5.91 Å². The molecule has 1 saturated carbocycles. The number of carbonyl (C=O) groups excluding carboxylic acids is 1. The highest BCUT2D eigenvalue weighted by molar-refractivity contribution is 7.90. The van der Waals surface area contributed by atoms with Gasteiger partial charge < -0.3 is 14.5 Å². The number of ether oxygens (including phenoxy) is 1. The molecule has 0 aliphatic heterocycles. The van der Waals surface area contributed by atoms with E-state index in [4.69, 9.17) is 20.8 Å². The summed E-state index contributed by atoms with van der Waals surface area (Å²) in [5.74, 6) is -0.365. The predicted octanol–water partition coefficient (Wildman–Crippen LogP) is 5.48. The van der Waals surface area contributed by atoms with Crippen LogP contribution in [0.4, 0.5) is 5.69 Å². The van der Waals surface area contributed by atoms with Crippen molar-refractivity contribution in [2.45, 2.75) is 42.4 Å². The SMILES string of the molecule is O=C(Nc1ccc(OC2CCCC2)c(Cl)c1)c1occc1CS(=O)(=O)c1ccccc1. The monoisotopic (exact) mass is 459 g/mol. The molecule has 1 aliphatic rings. The lowest BCUT2D eigenvalue weighted by molar-refractivity contribution is 0.0995. The number of hydrogen-bond acceptors (Lipinski definition) is 5. The van der Waals surface area contributed by atoms with Crippen molar-refractivity contribution in [2.24, 2.45) is 0 Å². The van der Waals surface area contributed by atoms with Crippen molar-refractivity contribution in [1.82, 2.24) is 0 Å². The summed E-state index contributed by atoms with van der Waals surface area (Å²) < 4.78 is 36.5. The molecule has 162 valence electrons. The molecule has 8 heteroatoms. The summed E-state index contributed by atoms with van der Waals surface area (Å²) in [7, 11) is -3.61. The Hall–Kier alpha value is -2.77. The molecular weight excluding hydrogens is 438 g/mol. The normalized spacial score (nSPS) is 14.5. The van der Waals surface area contributed by atoms with Gasteiger partial charge in [0.1, 0.15) is 5.75 Å². The predicted molar refractivity (Wildman–Crippen MR) is 118 cm³/mol. The van der Waals surface area contributed by atoms with Crippen LogP contribution < -0.4 is 10.1 Å². The maximum atomic E-state index is 12.7. The first-order chi connectivity index (χ1) is 14.9. The van der Waals surface area contributed by atoms with Crippen molar-refractivity contribution in [2.75, 3.05) is 5.32 Å². The highest BCUT2D eigenvalue weighted by Crippen LogP contribution is 2.32. The van der Waals surface area contributed by atoms with Crippen LogP contribution in [0.3, 0.4) is 0 Å². The maximum absolute atomic E-state index is 12.7. The molecule has 0 atom stereocenters. The fraction of sp³-hybridized carbons (Fsp3) is 0.261. The van der Waals surface area contributed by atoms with E-state index in [1.807, 2.05) is 0 Å². The van der Waals surface area contributed by atoms with Gasteiger partial charge in [0.2, 0.25) is 0 Å². The molecule has 6 nitrogen and oxygen atoms in total. The summed E-state index contributed by atoms with van der Waals surface area (Å²) in [5, 5.41) is 3.10. The number of benzene rings is 2. The maximum Gasteiger partial charge on any atom is 0.291 e. The summed E-state index contributed by atoms with van der Waals surface area (Å²) in [6.07, 6.45) is 5.82. The van der Waals surface area contributed by atoms with Crippen molar-refractivity contribution in [1.29, 1.82) is 0 Å². The summed E-state index contributed by atoms with van der Waals surface area (Å²) in [4.78, 5) is 12.9. The Balaban J connectivity index is 1.46. The minimum absolute atomic E-state index is 0.0538. The average molecular weight is 460 g/mol. The van der Waals surface area contributed by atoms with Crippen LogP contribution in [0.25, 0.3) is 0 Å². The van der Waals surface area contributed by atoms with Gasteiger partial charge in [-0.25, -0.2) is 8.42 Å². The van der Waals surface area contributed by atoms with E-state index >= 15 is 0 Å². The molecule has 1 heterocycles. The summed E-state index contributed by atoms with van der Waals surface area (Å²) in [5.41, 5.74) is 0.746. The van der Waals surface area contributed by atoms with Crippen LogP contribution in [0, 0.1) is 0 Å². The molecule has 1 fully saturated rings. The van der Waals surface area contributed by atoms with Crippen LogP contribution in [0.2, 0.25) is 5.02 Å². The first-order valence-electron chi connectivity index (χ1n) is 10.0. The van der Waals surface area contributed by atoms with E-state index in [1.54, 1.807) is 36.4 Å². The number of hydrogen-bond donors (Lipinski definition) is 1. The third kappa shape index (κ3) is 5.11. The zero-order valence-electron chi connectivity index (χ0n) is 16.7. The standard InChI is InChI=1S/C23H22ClNO5S/c24-20-14-17(10-11-21(20)30-18-6-4-5-7-18)25-23(26)22-16(12-13-29-22)15-31(27,28)19-8-2-1-3-9-19/h1-3,8-14,18H,4-7,15H2,(H,25,26). The Bertz CT molecular complexity index is 1170. The molecule has 1 aromatic heterocycles. The number of carbonyl (C=O) groups is 1. The molecule has 0 radical (unpaired) electrons. The van der Waals surface area contributed by atoms with Crippen molar-refractivity contribution in [3.8, 4) is 5.75 Å². The van der Waals surface area contributed by atoms with Crippen molar-refractivity contribution >= 4 is 33.0 Å². The minimum atomic E-state index is -3.61. The van der Waals surface area contributed by atoms with Crippen molar-refractivity contribution in [3.63, 3.8) is 0 Å². The Morgan fingerprint density at radius 2 is 1.84 bits per heavy atom. The number of furan rings is 1. The van der Waals surface area contributed by atoms with E-state index < -0.39 is 15.7 Å². The quantitative estimate of drug-likeness (QED) is 0.505. The molecule has 0 spiro atoms. The molecule has 0 saturated heterocycles. The Morgan fingerprint density at radius 1 is 1.10 bits per heavy atom. The second-order valence-corrected chi connectivity index (χ2v) is 9.87. The van der Waals surface area contributed by atoms with Crippen molar-refractivity contribution in [3.05, 3.63) is 77.2 Å². The molecule has 1 N–H and O–H groups in total. The fourth-order valence-electron chi connectivity index (χ4n) is 3.61. The molecule has 3 aromatic rings. The summed E-state index contributed by atoms with van der Waals surface area (Å²) in [6.45, 7) is 0. The van der Waals surface area contributed by atoms with Gasteiger partial charge in [0.15, 0.2) is 15.6 Å². The van der Waals surface area contributed by atoms with Gasteiger partial charge in [-0.3, -0.25) is 4.79 Å². The van der Waals surface area contributed by atoms with Gasteiger partial charge in [0, 0.05) is 11.3 Å². The first kappa shape index (κ1) is 21.5. The summed E-state index contributed by atoms with van der Waals surface area (Å²) >= 11 is 6.32. The summed E-state index contributed by atoms with van der Waals surface area (Å²) in [6, 6.07) is 14.6. The molecule has 4 rings (SSSR count). The fourth-order valence-corrected chi connectivity index (χ4v) is 5.21. The zero-order valence-corrected chi connectivity index (χ0v) is 18.3. The zero-order chi connectivity index (χ0) is 21.8. The highest BCUT2D eigenvalue weighted by Gasteiger charge is 2.23. The van der Waals surface area contributed by atoms with Crippen molar-refractivity contribution < 1.29 is 22.4 Å². The van der Waals surface area contributed by atoms with Gasteiger partial charge in [-0.2, -0.15) is 0 Å². The van der Waals surface area contributed by atoms with Gasteiger partial charge in [-0.15, -0.1) is 0 Å². The van der Waals surface area contributed by atoms with Gasteiger partial charge in [0.05, 0.1) is 28.0 Å².